The van der Waals surface area contributed by atoms with Crippen molar-refractivity contribution in [3.8, 4) is 0 Å². The first kappa shape index (κ1) is 16.7. The second-order valence-electron chi connectivity index (χ2n) is 3.43. The number of ether oxygens (including phenoxy) is 1. The molecule has 0 aliphatic rings. The summed E-state index contributed by atoms with van der Waals surface area (Å²) in [7, 11) is -3.34. The van der Waals surface area contributed by atoms with Crippen LogP contribution in [0.25, 0.3) is 0 Å². The van der Waals surface area contributed by atoms with E-state index in [9.17, 15) is 17.2 Å². The summed E-state index contributed by atoms with van der Waals surface area (Å²) in [6.45, 7) is 2.43. The zero-order chi connectivity index (χ0) is 13.1. The fourth-order valence-electron chi connectivity index (χ4n) is 1.02. The highest BCUT2D eigenvalue weighted by Crippen LogP contribution is 1.91. The smallest absolute Gasteiger partial charge is 0.261 e. The number of hydrogen-bond donors (Lipinski definition) is 2. The minimum Gasteiger partial charge on any atom is -0.374 e. The molecule has 0 spiro atoms. The Balaban J connectivity index is 3.51. The van der Waals surface area contributed by atoms with Crippen LogP contribution in [0.1, 0.15) is 13.3 Å². The van der Waals surface area contributed by atoms with E-state index < -0.39 is 23.1 Å². The molecule has 0 aromatic heterocycles. The molecule has 0 radical (unpaired) electrons. The Morgan fingerprint density at radius 1 is 1.24 bits per heavy atom. The molecule has 0 aliphatic carbocycles. The maximum Gasteiger partial charge on any atom is 0.261 e. The number of alkyl halides is 2. The van der Waals surface area contributed by atoms with Gasteiger partial charge in [0.2, 0.25) is 10.0 Å². The third-order valence-corrected chi connectivity index (χ3v) is 3.17. The van der Waals surface area contributed by atoms with Crippen LogP contribution in [0.5, 0.6) is 0 Å². The summed E-state index contributed by atoms with van der Waals surface area (Å²) >= 11 is 0. The van der Waals surface area contributed by atoms with E-state index in [1.54, 1.807) is 0 Å². The van der Waals surface area contributed by atoms with Crippen molar-refractivity contribution in [3.05, 3.63) is 0 Å². The van der Waals surface area contributed by atoms with Crippen molar-refractivity contribution in [2.24, 2.45) is 0 Å². The van der Waals surface area contributed by atoms with E-state index in [4.69, 9.17) is 0 Å². The summed E-state index contributed by atoms with van der Waals surface area (Å²) in [5.41, 5.74) is 0. The van der Waals surface area contributed by atoms with Gasteiger partial charge in [-0.3, -0.25) is 0 Å². The summed E-state index contributed by atoms with van der Waals surface area (Å²) in [6.07, 6.45) is -1.58. The molecular formula is C9H20F2N2O3S. The molecule has 5 nitrogen and oxygen atoms in total. The van der Waals surface area contributed by atoms with Gasteiger partial charge in [-0.05, 0) is 13.0 Å². The highest BCUT2D eigenvalue weighted by Gasteiger charge is 2.08. The molecule has 0 rings (SSSR count). The van der Waals surface area contributed by atoms with Crippen LogP contribution in [-0.2, 0) is 14.8 Å². The van der Waals surface area contributed by atoms with Crippen LogP contribution in [0.4, 0.5) is 8.78 Å². The summed E-state index contributed by atoms with van der Waals surface area (Å²) < 4.78 is 52.8. The van der Waals surface area contributed by atoms with E-state index in [1.807, 2.05) is 6.92 Å². The fraction of sp³-hybridized carbons (Fsp3) is 1.00. The molecule has 0 aromatic rings. The lowest BCUT2D eigenvalue weighted by Crippen LogP contribution is -2.34. The van der Waals surface area contributed by atoms with Gasteiger partial charge in [-0.25, -0.2) is 21.9 Å². The Bertz CT molecular complexity index is 273. The van der Waals surface area contributed by atoms with E-state index in [0.29, 0.717) is 6.54 Å². The summed E-state index contributed by atoms with van der Waals surface area (Å²) in [6, 6.07) is 0. The lowest BCUT2D eigenvalue weighted by atomic mass is 10.5. The van der Waals surface area contributed by atoms with E-state index in [0.717, 1.165) is 13.0 Å². The Morgan fingerprint density at radius 2 is 1.94 bits per heavy atom. The number of sulfonamides is 1. The predicted octanol–water partition coefficient (Wildman–Crippen LogP) is 0.187. The molecule has 17 heavy (non-hydrogen) atoms. The molecule has 0 unspecified atom stereocenters. The average Bonchev–Trinajstić information content (AvgIpc) is 2.23. The van der Waals surface area contributed by atoms with Gasteiger partial charge in [0.25, 0.3) is 6.43 Å². The van der Waals surface area contributed by atoms with E-state index in [-0.39, 0.29) is 18.9 Å². The van der Waals surface area contributed by atoms with Crippen LogP contribution in [0.15, 0.2) is 0 Å². The van der Waals surface area contributed by atoms with Gasteiger partial charge >= 0.3 is 0 Å². The van der Waals surface area contributed by atoms with Gasteiger partial charge < -0.3 is 10.1 Å². The molecular weight excluding hydrogens is 254 g/mol. The van der Waals surface area contributed by atoms with E-state index in [2.05, 4.69) is 14.8 Å². The van der Waals surface area contributed by atoms with Gasteiger partial charge in [0, 0.05) is 13.1 Å². The van der Waals surface area contributed by atoms with Crippen molar-refractivity contribution < 1.29 is 21.9 Å². The molecule has 0 atom stereocenters. The number of hydrogen-bond acceptors (Lipinski definition) is 4. The average molecular weight is 274 g/mol. The highest BCUT2D eigenvalue weighted by atomic mass is 32.2. The first-order valence-electron chi connectivity index (χ1n) is 5.52. The quantitative estimate of drug-likeness (QED) is 0.528. The first-order valence-corrected chi connectivity index (χ1v) is 7.17. The molecule has 104 valence electrons. The third kappa shape index (κ3) is 11.9. The molecule has 8 heteroatoms. The van der Waals surface area contributed by atoms with Crippen molar-refractivity contribution >= 4 is 10.0 Å². The lowest BCUT2D eigenvalue weighted by Gasteiger charge is -2.07. The molecule has 0 aromatic carbocycles. The Kier molecular flexibility index (Phi) is 9.52. The van der Waals surface area contributed by atoms with Gasteiger partial charge in [-0.15, -0.1) is 0 Å². The van der Waals surface area contributed by atoms with E-state index in [1.165, 1.54) is 0 Å². The minimum atomic E-state index is -3.34. The van der Waals surface area contributed by atoms with Crippen molar-refractivity contribution in [2.45, 2.75) is 19.8 Å². The summed E-state index contributed by atoms with van der Waals surface area (Å²) in [4.78, 5) is 0. The Hall–Kier alpha value is -0.310. The highest BCUT2D eigenvalue weighted by molar-refractivity contribution is 7.89. The van der Waals surface area contributed by atoms with Gasteiger partial charge in [-0.2, -0.15) is 0 Å². The maximum absolute atomic E-state index is 11.7. The Morgan fingerprint density at radius 3 is 2.53 bits per heavy atom. The Labute approximate surface area is 101 Å². The molecule has 0 saturated carbocycles. The molecule has 0 aliphatic heterocycles. The van der Waals surface area contributed by atoms with Crippen molar-refractivity contribution in [1.82, 2.24) is 10.0 Å². The molecule has 0 amide bonds. The van der Waals surface area contributed by atoms with Crippen LogP contribution >= 0.6 is 0 Å². The van der Waals surface area contributed by atoms with Gasteiger partial charge in [-0.1, -0.05) is 6.92 Å². The number of rotatable bonds is 11. The molecule has 0 bridgehead atoms. The fourth-order valence-corrected chi connectivity index (χ4v) is 1.97. The van der Waals surface area contributed by atoms with Crippen molar-refractivity contribution in [1.29, 1.82) is 0 Å². The standard InChI is InChI=1S/C9H20F2N2O3S/c1-2-3-12-5-7-17(14,15)13-4-6-16-8-9(10)11/h9,12-13H,2-8H2,1H3. The number of nitrogens with one attached hydrogen (secondary N) is 2. The monoisotopic (exact) mass is 274 g/mol. The first-order chi connectivity index (χ1) is 7.98. The topological polar surface area (TPSA) is 67.4 Å². The van der Waals surface area contributed by atoms with Crippen LogP contribution in [0.2, 0.25) is 0 Å². The zero-order valence-electron chi connectivity index (χ0n) is 9.92. The summed E-state index contributed by atoms with van der Waals surface area (Å²) in [5.74, 6) is -0.0259. The lowest BCUT2D eigenvalue weighted by molar-refractivity contribution is 0.0199. The van der Waals surface area contributed by atoms with Gasteiger partial charge in [0.15, 0.2) is 0 Å². The van der Waals surface area contributed by atoms with Crippen LogP contribution in [0, 0.1) is 0 Å². The van der Waals surface area contributed by atoms with E-state index >= 15 is 0 Å². The molecule has 0 saturated heterocycles. The molecule has 2 N–H and O–H groups in total. The van der Waals surface area contributed by atoms with Crippen LogP contribution in [-0.4, -0.2) is 53.4 Å². The second-order valence-corrected chi connectivity index (χ2v) is 5.36. The SMILES string of the molecule is CCCNCCS(=O)(=O)NCCOCC(F)F. The normalized spacial score (nSPS) is 12.2. The van der Waals surface area contributed by atoms with Crippen LogP contribution in [0.3, 0.4) is 0 Å². The molecule has 0 heterocycles. The second kappa shape index (κ2) is 9.69. The largest absolute Gasteiger partial charge is 0.374 e. The summed E-state index contributed by atoms with van der Waals surface area (Å²) in [5, 5.41) is 2.96. The van der Waals surface area contributed by atoms with Crippen molar-refractivity contribution in [2.75, 3.05) is 38.6 Å². The predicted molar refractivity (Wildman–Crippen MR) is 61.8 cm³/mol. The minimum absolute atomic E-state index is 0.0167. The third-order valence-electron chi connectivity index (χ3n) is 1.79. The number of halogens is 2. The van der Waals surface area contributed by atoms with Crippen LogP contribution < -0.4 is 10.0 Å². The van der Waals surface area contributed by atoms with Gasteiger partial charge in [0.1, 0.15) is 6.61 Å². The maximum atomic E-state index is 11.7. The van der Waals surface area contributed by atoms with Crippen molar-refractivity contribution in [3.63, 3.8) is 0 Å². The zero-order valence-corrected chi connectivity index (χ0v) is 10.7. The van der Waals surface area contributed by atoms with Gasteiger partial charge in [0.05, 0.1) is 12.4 Å². The molecule has 0 fully saturated rings.